The number of rotatable bonds is 10. The maximum absolute atomic E-state index is 13.6. The molecule has 1 fully saturated rings. The topological polar surface area (TPSA) is 115 Å². The molecule has 1 aliphatic heterocycles. The zero-order valence-electron chi connectivity index (χ0n) is 24.4. The largest absolute Gasteiger partial charge is 0.338 e. The average Bonchev–Trinajstić information content (AvgIpc) is 3.07. The fourth-order valence-corrected chi connectivity index (χ4v) is 7.81. The molecule has 0 aromatic heterocycles. The van der Waals surface area contributed by atoms with Crippen LogP contribution in [0, 0.1) is 11.6 Å². The lowest BCUT2D eigenvalue weighted by Crippen LogP contribution is -2.55. The van der Waals surface area contributed by atoms with Gasteiger partial charge in [-0.25, -0.2) is 25.6 Å². The van der Waals surface area contributed by atoms with Crippen LogP contribution in [0.1, 0.15) is 0 Å². The number of amides is 2. The zero-order valence-corrected chi connectivity index (χ0v) is 26.1. The van der Waals surface area contributed by atoms with E-state index in [1.165, 1.54) is 58.3 Å². The summed E-state index contributed by atoms with van der Waals surface area (Å²) in [5, 5.41) is 0. The number of piperazine rings is 1. The van der Waals surface area contributed by atoms with Gasteiger partial charge in [-0.3, -0.25) is 18.2 Å². The molecule has 4 aromatic carbocycles. The van der Waals surface area contributed by atoms with Crippen LogP contribution >= 0.6 is 0 Å². The lowest BCUT2D eigenvalue weighted by atomic mass is 10.2. The van der Waals surface area contributed by atoms with E-state index in [9.17, 15) is 35.2 Å². The number of benzene rings is 4. The summed E-state index contributed by atoms with van der Waals surface area (Å²) in [5.41, 5.74) is 0.209. The summed E-state index contributed by atoms with van der Waals surface area (Å²) in [5.74, 6) is -2.20. The van der Waals surface area contributed by atoms with Crippen LogP contribution in [0.3, 0.4) is 0 Å². The van der Waals surface area contributed by atoms with Crippen LogP contribution in [0.5, 0.6) is 0 Å². The molecule has 0 aliphatic carbocycles. The Morgan fingerprint density at radius 2 is 0.826 bits per heavy atom. The highest BCUT2D eigenvalue weighted by molar-refractivity contribution is 7.93. The third-order valence-electron chi connectivity index (χ3n) is 7.43. The van der Waals surface area contributed by atoms with Gasteiger partial charge in [-0.1, -0.05) is 36.4 Å². The second-order valence-electron chi connectivity index (χ2n) is 10.4. The molecule has 0 N–H and O–H groups in total. The smallest absolute Gasteiger partial charge is 0.264 e. The summed E-state index contributed by atoms with van der Waals surface area (Å²) in [7, 11) is -8.38. The Morgan fingerprint density at radius 3 is 1.13 bits per heavy atom. The van der Waals surface area contributed by atoms with Crippen LogP contribution in [-0.2, 0) is 29.6 Å². The van der Waals surface area contributed by atoms with Crippen molar-refractivity contribution in [2.24, 2.45) is 0 Å². The van der Waals surface area contributed by atoms with E-state index in [1.807, 2.05) is 0 Å². The maximum Gasteiger partial charge on any atom is 0.264 e. The van der Waals surface area contributed by atoms with E-state index >= 15 is 0 Å². The zero-order chi connectivity index (χ0) is 32.9. The summed E-state index contributed by atoms with van der Waals surface area (Å²) in [6.45, 7) is -0.871. The van der Waals surface area contributed by atoms with Gasteiger partial charge < -0.3 is 9.80 Å². The Morgan fingerprint density at radius 1 is 0.522 bits per heavy atom. The fourth-order valence-electron chi connectivity index (χ4n) is 4.94. The van der Waals surface area contributed by atoms with Crippen molar-refractivity contribution in [2.75, 3.05) is 47.9 Å². The molecule has 0 radical (unpaired) electrons. The van der Waals surface area contributed by atoms with Crippen molar-refractivity contribution in [1.29, 1.82) is 0 Å². The predicted molar refractivity (Wildman–Crippen MR) is 168 cm³/mol. The monoisotopic (exact) mass is 668 g/mol. The first-order valence-corrected chi connectivity index (χ1v) is 17.1. The van der Waals surface area contributed by atoms with Crippen molar-refractivity contribution >= 4 is 43.2 Å². The van der Waals surface area contributed by atoms with E-state index in [0.29, 0.717) is 0 Å². The third kappa shape index (κ3) is 7.18. The SMILES string of the molecule is O=C(CN(c1ccc(F)cc1)S(=O)(=O)c1ccccc1)N1CCN(C(=O)CN(c2ccc(F)cc2)S(=O)(=O)c2ccccc2)CC1. The maximum atomic E-state index is 13.6. The minimum Gasteiger partial charge on any atom is -0.338 e. The van der Waals surface area contributed by atoms with Gasteiger partial charge in [0.2, 0.25) is 11.8 Å². The van der Waals surface area contributed by atoms with Crippen LogP contribution in [0.15, 0.2) is 119 Å². The van der Waals surface area contributed by atoms with Gasteiger partial charge in [-0.15, -0.1) is 0 Å². The predicted octanol–water partition coefficient (Wildman–Crippen LogP) is 3.73. The first-order chi connectivity index (χ1) is 22.0. The Hall–Kier alpha value is -4.82. The van der Waals surface area contributed by atoms with Crippen molar-refractivity contribution < 1.29 is 35.2 Å². The minimum absolute atomic E-state index is 0.0429. The average molecular weight is 669 g/mol. The molecule has 46 heavy (non-hydrogen) atoms. The molecule has 1 aliphatic rings. The third-order valence-corrected chi connectivity index (χ3v) is 11.0. The molecule has 4 aromatic rings. The van der Waals surface area contributed by atoms with Crippen molar-refractivity contribution in [3.63, 3.8) is 0 Å². The van der Waals surface area contributed by atoms with Gasteiger partial charge in [0.25, 0.3) is 20.0 Å². The van der Waals surface area contributed by atoms with E-state index < -0.39 is 56.6 Å². The second-order valence-corrected chi connectivity index (χ2v) is 14.1. The number of anilines is 2. The molecule has 2 amide bonds. The molecule has 0 saturated carbocycles. The van der Waals surface area contributed by atoms with Gasteiger partial charge in [-0.2, -0.15) is 0 Å². The quantitative estimate of drug-likeness (QED) is 0.255. The van der Waals surface area contributed by atoms with Crippen LogP contribution < -0.4 is 8.61 Å². The number of hydrogen-bond acceptors (Lipinski definition) is 6. The Bertz CT molecular complexity index is 1750. The lowest BCUT2D eigenvalue weighted by Gasteiger charge is -2.37. The van der Waals surface area contributed by atoms with Crippen molar-refractivity contribution in [3.8, 4) is 0 Å². The van der Waals surface area contributed by atoms with E-state index in [-0.39, 0.29) is 47.3 Å². The lowest BCUT2D eigenvalue weighted by molar-refractivity contribution is -0.137. The summed E-state index contributed by atoms with van der Waals surface area (Å²) >= 11 is 0. The Labute approximate surface area is 266 Å². The molecular weight excluding hydrogens is 639 g/mol. The number of carbonyl (C=O) groups is 2. The highest BCUT2D eigenvalue weighted by Gasteiger charge is 2.33. The number of sulfonamides is 2. The molecule has 0 bridgehead atoms. The highest BCUT2D eigenvalue weighted by Crippen LogP contribution is 2.26. The molecule has 1 heterocycles. The standard InChI is InChI=1S/C32H30F2N4O6S2/c33-25-11-15-27(16-12-25)37(45(41,42)29-7-3-1-4-8-29)23-31(39)35-19-21-36(22-20-35)32(40)24-38(28-17-13-26(34)14-18-28)46(43,44)30-9-5-2-6-10-30/h1-18H,19-24H2. The van der Waals surface area contributed by atoms with Crippen LogP contribution in [0.4, 0.5) is 20.2 Å². The Balaban J connectivity index is 1.29. The molecule has 10 nitrogen and oxygen atoms in total. The summed E-state index contributed by atoms with van der Waals surface area (Å²) in [4.78, 5) is 29.6. The molecule has 240 valence electrons. The van der Waals surface area contributed by atoms with Crippen LogP contribution in [0.2, 0.25) is 0 Å². The number of nitrogens with zero attached hydrogens (tertiary/aromatic N) is 4. The normalized spacial score (nSPS) is 13.7. The molecule has 1 saturated heterocycles. The molecule has 0 atom stereocenters. The number of carbonyl (C=O) groups excluding carboxylic acids is 2. The van der Waals surface area contributed by atoms with E-state index in [0.717, 1.165) is 32.9 Å². The molecule has 0 unspecified atom stereocenters. The summed E-state index contributed by atoms with van der Waals surface area (Å²) < 4.78 is 83.2. The Kier molecular flexibility index (Phi) is 9.68. The fraction of sp³-hybridized carbons (Fsp3) is 0.188. The first kappa shape index (κ1) is 32.6. The molecular formula is C32H30F2N4O6S2. The second kappa shape index (κ2) is 13.7. The van der Waals surface area contributed by atoms with Crippen LogP contribution in [-0.4, -0.2) is 77.7 Å². The minimum atomic E-state index is -4.19. The molecule has 5 rings (SSSR count). The van der Waals surface area contributed by atoms with Crippen molar-refractivity contribution in [1.82, 2.24) is 9.80 Å². The van der Waals surface area contributed by atoms with Crippen molar-refractivity contribution in [3.05, 3.63) is 121 Å². The van der Waals surface area contributed by atoms with Crippen molar-refractivity contribution in [2.45, 2.75) is 9.79 Å². The van der Waals surface area contributed by atoms with Gasteiger partial charge >= 0.3 is 0 Å². The van der Waals surface area contributed by atoms with Gasteiger partial charge in [0.15, 0.2) is 0 Å². The summed E-state index contributed by atoms with van der Waals surface area (Å²) in [6.07, 6.45) is 0. The molecule has 14 heteroatoms. The molecule has 0 spiro atoms. The van der Waals surface area contributed by atoms with E-state index in [1.54, 1.807) is 36.4 Å². The number of hydrogen-bond donors (Lipinski definition) is 0. The van der Waals surface area contributed by atoms with Gasteiger partial charge in [0.1, 0.15) is 24.7 Å². The number of halogens is 2. The van der Waals surface area contributed by atoms with Gasteiger partial charge in [0.05, 0.1) is 21.2 Å². The van der Waals surface area contributed by atoms with Crippen LogP contribution in [0.25, 0.3) is 0 Å². The first-order valence-electron chi connectivity index (χ1n) is 14.2. The van der Waals surface area contributed by atoms with Gasteiger partial charge in [0, 0.05) is 26.2 Å². The highest BCUT2D eigenvalue weighted by atomic mass is 32.2. The van der Waals surface area contributed by atoms with E-state index in [4.69, 9.17) is 0 Å². The summed E-state index contributed by atoms with van der Waals surface area (Å²) in [6, 6.07) is 24.6. The van der Waals surface area contributed by atoms with E-state index in [2.05, 4.69) is 0 Å². The van der Waals surface area contributed by atoms with Gasteiger partial charge in [-0.05, 0) is 72.8 Å².